The van der Waals surface area contributed by atoms with Crippen molar-refractivity contribution in [2.45, 2.75) is 6.04 Å². The van der Waals surface area contributed by atoms with Crippen LogP contribution in [-0.2, 0) is 4.74 Å². The molecule has 1 N–H and O–H groups in total. The van der Waals surface area contributed by atoms with Crippen molar-refractivity contribution in [1.29, 1.82) is 0 Å². The molecule has 0 radical (unpaired) electrons. The minimum atomic E-state index is -0.214. The first-order valence-corrected chi connectivity index (χ1v) is 9.18. The smallest absolute Gasteiger partial charge is 0.147 e. The minimum absolute atomic E-state index is 0.134. The van der Waals surface area contributed by atoms with Gasteiger partial charge in [0, 0.05) is 19.6 Å². The topological polar surface area (TPSA) is 50.3 Å². The molecule has 1 aliphatic rings. The van der Waals surface area contributed by atoms with Gasteiger partial charge in [-0.15, -0.1) is 11.3 Å². The van der Waals surface area contributed by atoms with Crippen LogP contribution in [0.2, 0.25) is 0 Å². The fraction of sp³-hybridized carbons (Fsp3) is 0.333. The van der Waals surface area contributed by atoms with E-state index in [0.717, 1.165) is 47.9 Å². The van der Waals surface area contributed by atoms with Crippen LogP contribution in [0.15, 0.2) is 42.0 Å². The largest absolute Gasteiger partial charge is 0.379 e. The van der Waals surface area contributed by atoms with Crippen LogP contribution in [0.4, 0.5) is 10.2 Å². The van der Waals surface area contributed by atoms with E-state index in [-0.39, 0.29) is 11.9 Å². The second-order valence-corrected chi connectivity index (χ2v) is 6.87. The van der Waals surface area contributed by atoms with Crippen LogP contribution in [0.1, 0.15) is 11.6 Å². The predicted octanol–water partition coefficient (Wildman–Crippen LogP) is 3.32. The van der Waals surface area contributed by atoms with Crippen molar-refractivity contribution in [1.82, 2.24) is 14.9 Å². The van der Waals surface area contributed by atoms with Crippen molar-refractivity contribution >= 4 is 27.4 Å². The van der Waals surface area contributed by atoms with Gasteiger partial charge in [0.25, 0.3) is 0 Å². The first-order chi connectivity index (χ1) is 12.3. The summed E-state index contributed by atoms with van der Waals surface area (Å²) in [5, 5.41) is 5.49. The van der Waals surface area contributed by atoms with E-state index in [9.17, 15) is 4.39 Å². The molecule has 130 valence electrons. The Morgan fingerprint density at radius 2 is 1.96 bits per heavy atom. The summed E-state index contributed by atoms with van der Waals surface area (Å²) in [4.78, 5) is 11.0. The highest BCUT2D eigenvalue weighted by Gasteiger charge is 2.23. The quantitative estimate of drug-likeness (QED) is 0.758. The number of benzene rings is 1. The standard InChI is InChI=1S/C18H19FN4OS/c19-14-3-1-13(2-4-14)16(23-6-8-24-9-7-23)11-20-18-17-15(5-10-25-17)21-12-22-18/h1-5,10,12,16H,6-9,11H2,(H,20,21,22)/t16-/m1/s1. The number of nitrogens with one attached hydrogen (secondary N) is 1. The van der Waals surface area contributed by atoms with Crippen LogP contribution >= 0.6 is 11.3 Å². The van der Waals surface area contributed by atoms with E-state index in [4.69, 9.17) is 4.74 Å². The lowest BCUT2D eigenvalue weighted by Crippen LogP contribution is -2.41. The first-order valence-electron chi connectivity index (χ1n) is 8.30. The zero-order chi connectivity index (χ0) is 17.1. The Bertz CT molecular complexity index is 832. The number of nitrogens with zero attached hydrogens (tertiary/aromatic N) is 3. The molecule has 0 aliphatic carbocycles. The summed E-state index contributed by atoms with van der Waals surface area (Å²) in [5.74, 6) is 0.633. The minimum Gasteiger partial charge on any atom is -0.379 e. The third kappa shape index (κ3) is 3.63. The van der Waals surface area contributed by atoms with E-state index >= 15 is 0 Å². The molecule has 5 nitrogen and oxygen atoms in total. The molecule has 1 saturated heterocycles. The summed E-state index contributed by atoms with van der Waals surface area (Å²) in [5.41, 5.74) is 2.04. The van der Waals surface area contributed by atoms with Gasteiger partial charge in [0.15, 0.2) is 0 Å². The van der Waals surface area contributed by atoms with E-state index in [2.05, 4.69) is 20.2 Å². The highest BCUT2D eigenvalue weighted by Crippen LogP contribution is 2.27. The van der Waals surface area contributed by atoms with Crippen molar-refractivity contribution in [3.05, 3.63) is 53.4 Å². The maximum atomic E-state index is 13.3. The molecule has 0 bridgehead atoms. The lowest BCUT2D eigenvalue weighted by atomic mass is 10.0. The van der Waals surface area contributed by atoms with Crippen molar-refractivity contribution in [3.63, 3.8) is 0 Å². The van der Waals surface area contributed by atoms with Crippen molar-refractivity contribution < 1.29 is 9.13 Å². The molecular formula is C18H19FN4OS. The molecule has 2 aromatic heterocycles. The van der Waals surface area contributed by atoms with Crippen molar-refractivity contribution in [2.24, 2.45) is 0 Å². The van der Waals surface area contributed by atoms with Gasteiger partial charge in [-0.2, -0.15) is 0 Å². The number of anilines is 1. The van der Waals surface area contributed by atoms with Gasteiger partial charge in [-0.25, -0.2) is 14.4 Å². The van der Waals surface area contributed by atoms with Crippen LogP contribution in [0.5, 0.6) is 0 Å². The number of aromatic nitrogens is 2. The number of fused-ring (bicyclic) bond motifs is 1. The Balaban J connectivity index is 1.57. The van der Waals surface area contributed by atoms with Crippen molar-refractivity contribution in [3.8, 4) is 0 Å². The van der Waals surface area contributed by atoms with Crippen LogP contribution in [0, 0.1) is 5.82 Å². The second kappa shape index (κ2) is 7.43. The molecular weight excluding hydrogens is 339 g/mol. The number of hydrogen-bond donors (Lipinski definition) is 1. The average molecular weight is 358 g/mol. The van der Waals surface area contributed by atoms with E-state index in [1.54, 1.807) is 17.7 Å². The lowest BCUT2D eigenvalue weighted by Gasteiger charge is -2.35. The summed E-state index contributed by atoms with van der Waals surface area (Å²) in [7, 11) is 0. The van der Waals surface area contributed by atoms with Gasteiger partial charge < -0.3 is 10.1 Å². The summed E-state index contributed by atoms with van der Waals surface area (Å²) < 4.78 is 19.8. The number of ether oxygens (including phenoxy) is 1. The number of rotatable bonds is 5. The molecule has 0 unspecified atom stereocenters. The first kappa shape index (κ1) is 16.4. The molecule has 3 aromatic rings. The maximum Gasteiger partial charge on any atom is 0.147 e. The monoisotopic (exact) mass is 358 g/mol. The summed E-state index contributed by atoms with van der Waals surface area (Å²) in [6.07, 6.45) is 1.58. The van der Waals surface area contributed by atoms with Crippen LogP contribution < -0.4 is 5.32 Å². The molecule has 1 fully saturated rings. The number of hydrogen-bond acceptors (Lipinski definition) is 6. The summed E-state index contributed by atoms with van der Waals surface area (Å²) >= 11 is 1.63. The highest BCUT2D eigenvalue weighted by atomic mass is 32.1. The second-order valence-electron chi connectivity index (χ2n) is 5.95. The molecule has 0 spiro atoms. The van der Waals surface area contributed by atoms with Crippen LogP contribution in [0.25, 0.3) is 10.2 Å². The van der Waals surface area contributed by atoms with E-state index in [1.807, 2.05) is 23.6 Å². The Labute approximate surface area is 149 Å². The number of halogens is 1. The Morgan fingerprint density at radius 1 is 1.16 bits per heavy atom. The van der Waals surface area contributed by atoms with Gasteiger partial charge in [0.2, 0.25) is 0 Å². The maximum absolute atomic E-state index is 13.3. The molecule has 0 saturated carbocycles. The van der Waals surface area contributed by atoms with E-state index in [0.29, 0.717) is 6.54 Å². The van der Waals surface area contributed by atoms with Crippen LogP contribution in [0.3, 0.4) is 0 Å². The van der Waals surface area contributed by atoms with Gasteiger partial charge in [-0.3, -0.25) is 4.90 Å². The Morgan fingerprint density at radius 3 is 2.76 bits per heavy atom. The van der Waals surface area contributed by atoms with Gasteiger partial charge in [-0.1, -0.05) is 12.1 Å². The highest BCUT2D eigenvalue weighted by molar-refractivity contribution is 7.17. The Kier molecular flexibility index (Phi) is 4.87. The predicted molar refractivity (Wildman–Crippen MR) is 97.4 cm³/mol. The fourth-order valence-corrected chi connectivity index (χ4v) is 3.95. The molecule has 25 heavy (non-hydrogen) atoms. The third-order valence-electron chi connectivity index (χ3n) is 4.45. The average Bonchev–Trinajstić information content (AvgIpc) is 3.14. The Hall–Kier alpha value is -2.09. The third-order valence-corrected chi connectivity index (χ3v) is 5.36. The zero-order valence-corrected chi connectivity index (χ0v) is 14.5. The van der Waals surface area contributed by atoms with Gasteiger partial charge in [-0.05, 0) is 29.1 Å². The molecule has 1 aromatic carbocycles. The van der Waals surface area contributed by atoms with E-state index < -0.39 is 0 Å². The molecule has 7 heteroatoms. The molecule has 3 heterocycles. The fourth-order valence-electron chi connectivity index (χ4n) is 3.14. The number of thiophene rings is 1. The zero-order valence-electron chi connectivity index (χ0n) is 13.7. The van der Waals surface area contributed by atoms with Gasteiger partial charge in [0.05, 0.1) is 29.5 Å². The lowest BCUT2D eigenvalue weighted by molar-refractivity contribution is 0.0187. The summed E-state index contributed by atoms with van der Waals surface area (Å²) in [6.45, 7) is 3.86. The molecule has 0 amide bonds. The van der Waals surface area contributed by atoms with Crippen molar-refractivity contribution in [2.75, 3.05) is 38.2 Å². The molecule has 1 aliphatic heterocycles. The number of morpholine rings is 1. The van der Waals surface area contributed by atoms with Gasteiger partial charge in [0.1, 0.15) is 18.0 Å². The summed E-state index contributed by atoms with van der Waals surface area (Å²) in [6, 6.07) is 8.88. The normalized spacial score (nSPS) is 16.8. The molecule has 1 atom stereocenters. The SMILES string of the molecule is Fc1ccc([C@@H](CNc2ncnc3ccsc23)N2CCOCC2)cc1. The van der Waals surface area contributed by atoms with E-state index in [1.165, 1.54) is 12.1 Å². The van der Waals surface area contributed by atoms with Crippen LogP contribution in [-0.4, -0.2) is 47.7 Å². The van der Waals surface area contributed by atoms with Gasteiger partial charge >= 0.3 is 0 Å². The molecule has 4 rings (SSSR count).